The Labute approximate surface area is 78.4 Å². The van der Waals surface area contributed by atoms with Gasteiger partial charge < -0.3 is 4.74 Å². The van der Waals surface area contributed by atoms with Gasteiger partial charge in [0.25, 0.3) is 0 Å². The molecule has 2 atom stereocenters. The highest BCUT2D eigenvalue weighted by Gasteiger charge is 2.32. The van der Waals surface area contributed by atoms with Crippen LogP contribution in [0, 0.1) is 10.1 Å². The van der Waals surface area contributed by atoms with Crippen LogP contribution >= 0.6 is 0 Å². The molecule has 0 N–H and O–H groups in total. The SMILES string of the molecule is CCCCOC1CCC([N+](=O)[O-])C1. The molecule has 0 saturated heterocycles. The van der Waals surface area contributed by atoms with Crippen LogP contribution in [0.2, 0.25) is 0 Å². The van der Waals surface area contributed by atoms with Crippen molar-refractivity contribution >= 4 is 0 Å². The lowest BCUT2D eigenvalue weighted by Crippen LogP contribution is -2.17. The molecule has 1 saturated carbocycles. The molecule has 0 radical (unpaired) electrons. The summed E-state index contributed by atoms with van der Waals surface area (Å²) in [6, 6.07) is -0.355. The van der Waals surface area contributed by atoms with E-state index in [2.05, 4.69) is 6.92 Å². The molecule has 0 aromatic carbocycles. The Bertz CT molecular complexity index is 172. The van der Waals surface area contributed by atoms with Crippen LogP contribution in [0.25, 0.3) is 0 Å². The number of ether oxygens (including phenoxy) is 1. The third-order valence-electron chi connectivity index (χ3n) is 2.51. The molecular weight excluding hydrogens is 170 g/mol. The van der Waals surface area contributed by atoms with Crippen LogP contribution in [0.15, 0.2) is 0 Å². The maximum absolute atomic E-state index is 10.4. The Balaban J connectivity index is 2.14. The highest BCUT2D eigenvalue weighted by atomic mass is 16.6. The minimum atomic E-state index is -0.355. The molecule has 0 bridgehead atoms. The van der Waals surface area contributed by atoms with Gasteiger partial charge in [-0.25, -0.2) is 0 Å². The average molecular weight is 187 g/mol. The molecule has 4 nitrogen and oxygen atoms in total. The second-order valence-corrected chi connectivity index (χ2v) is 3.60. The summed E-state index contributed by atoms with van der Waals surface area (Å²) in [6.45, 7) is 2.86. The summed E-state index contributed by atoms with van der Waals surface area (Å²) < 4.78 is 5.52. The van der Waals surface area contributed by atoms with Gasteiger partial charge in [-0.3, -0.25) is 10.1 Å². The van der Waals surface area contributed by atoms with Crippen molar-refractivity contribution in [1.82, 2.24) is 0 Å². The molecule has 1 fully saturated rings. The van der Waals surface area contributed by atoms with E-state index < -0.39 is 0 Å². The molecule has 1 aliphatic carbocycles. The van der Waals surface area contributed by atoms with Crippen LogP contribution < -0.4 is 0 Å². The van der Waals surface area contributed by atoms with Crippen LogP contribution in [0.4, 0.5) is 0 Å². The summed E-state index contributed by atoms with van der Waals surface area (Å²) in [6.07, 6.45) is 4.46. The van der Waals surface area contributed by atoms with E-state index in [1.165, 1.54) is 0 Å². The fourth-order valence-electron chi connectivity index (χ4n) is 1.65. The summed E-state index contributed by atoms with van der Waals surface area (Å²) in [5.41, 5.74) is 0. The molecule has 0 aromatic heterocycles. The van der Waals surface area contributed by atoms with Gasteiger partial charge in [-0.15, -0.1) is 0 Å². The van der Waals surface area contributed by atoms with Gasteiger partial charge in [0, 0.05) is 24.4 Å². The van der Waals surface area contributed by atoms with E-state index in [4.69, 9.17) is 4.74 Å². The van der Waals surface area contributed by atoms with Crippen molar-refractivity contribution in [3.8, 4) is 0 Å². The van der Waals surface area contributed by atoms with Gasteiger partial charge in [-0.05, 0) is 12.8 Å². The lowest BCUT2D eigenvalue weighted by atomic mass is 10.3. The van der Waals surface area contributed by atoms with Crippen molar-refractivity contribution in [2.75, 3.05) is 6.61 Å². The number of nitro groups is 1. The fourth-order valence-corrected chi connectivity index (χ4v) is 1.65. The lowest BCUT2D eigenvalue weighted by Gasteiger charge is -2.09. The maximum atomic E-state index is 10.4. The number of unbranched alkanes of at least 4 members (excludes halogenated alkanes) is 1. The van der Waals surface area contributed by atoms with E-state index in [9.17, 15) is 10.1 Å². The molecule has 1 aliphatic rings. The number of rotatable bonds is 5. The smallest absolute Gasteiger partial charge is 0.215 e. The van der Waals surface area contributed by atoms with Gasteiger partial charge in [0.15, 0.2) is 0 Å². The van der Waals surface area contributed by atoms with E-state index in [1.54, 1.807) is 0 Å². The van der Waals surface area contributed by atoms with Crippen LogP contribution in [0.5, 0.6) is 0 Å². The third-order valence-corrected chi connectivity index (χ3v) is 2.51. The zero-order chi connectivity index (χ0) is 9.68. The predicted molar refractivity (Wildman–Crippen MR) is 49.3 cm³/mol. The number of nitrogens with zero attached hydrogens (tertiary/aromatic N) is 1. The Morgan fingerprint density at radius 3 is 2.85 bits per heavy atom. The molecule has 13 heavy (non-hydrogen) atoms. The van der Waals surface area contributed by atoms with Gasteiger partial charge in [-0.1, -0.05) is 13.3 Å². The van der Waals surface area contributed by atoms with E-state index in [-0.39, 0.29) is 17.1 Å². The van der Waals surface area contributed by atoms with Gasteiger partial charge in [0.05, 0.1) is 6.10 Å². The van der Waals surface area contributed by atoms with Crippen molar-refractivity contribution in [1.29, 1.82) is 0 Å². The zero-order valence-electron chi connectivity index (χ0n) is 8.07. The Morgan fingerprint density at radius 2 is 2.31 bits per heavy atom. The molecule has 0 aromatic rings. The van der Waals surface area contributed by atoms with Crippen LogP contribution in [-0.2, 0) is 4.74 Å². The topological polar surface area (TPSA) is 52.4 Å². The van der Waals surface area contributed by atoms with Crippen LogP contribution in [0.1, 0.15) is 39.0 Å². The van der Waals surface area contributed by atoms with Crippen molar-refractivity contribution in [2.24, 2.45) is 0 Å². The quantitative estimate of drug-likeness (QED) is 0.376. The maximum Gasteiger partial charge on any atom is 0.215 e. The third kappa shape index (κ3) is 3.30. The first-order chi connectivity index (χ1) is 6.24. The van der Waals surface area contributed by atoms with E-state index in [0.29, 0.717) is 12.8 Å². The molecule has 76 valence electrons. The summed E-state index contributed by atoms with van der Waals surface area (Å²) in [7, 11) is 0. The van der Waals surface area contributed by atoms with Gasteiger partial charge in [0.1, 0.15) is 0 Å². The van der Waals surface area contributed by atoms with Crippen LogP contribution in [-0.4, -0.2) is 23.7 Å². The first-order valence-electron chi connectivity index (χ1n) is 4.99. The number of hydrogen-bond donors (Lipinski definition) is 0. The lowest BCUT2D eigenvalue weighted by molar-refractivity contribution is -0.521. The molecule has 0 spiro atoms. The Hall–Kier alpha value is -0.640. The summed E-state index contributed by atoms with van der Waals surface area (Å²) in [5, 5.41) is 10.4. The van der Waals surface area contributed by atoms with Crippen molar-refractivity contribution in [3.63, 3.8) is 0 Å². The fraction of sp³-hybridized carbons (Fsp3) is 1.00. The minimum absolute atomic E-state index is 0.141. The van der Waals surface area contributed by atoms with Gasteiger partial charge in [-0.2, -0.15) is 0 Å². The molecule has 0 amide bonds. The van der Waals surface area contributed by atoms with Crippen molar-refractivity contribution in [2.45, 2.75) is 51.2 Å². The van der Waals surface area contributed by atoms with E-state index in [1.807, 2.05) is 0 Å². The second-order valence-electron chi connectivity index (χ2n) is 3.60. The first-order valence-corrected chi connectivity index (χ1v) is 4.99. The second kappa shape index (κ2) is 5.17. The molecule has 2 unspecified atom stereocenters. The highest BCUT2D eigenvalue weighted by Crippen LogP contribution is 2.24. The average Bonchev–Trinajstić information content (AvgIpc) is 2.53. The summed E-state index contributed by atoms with van der Waals surface area (Å²) >= 11 is 0. The molecule has 1 rings (SSSR count). The molecule has 4 heteroatoms. The van der Waals surface area contributed by atoms with Crippen molar-refractivity contribution < 1.29 is 9.66 Å². The van der Waals surface area contributed by atoms with E-state index in [0.717, 1.165) is 25.9 Å². The molecular formula is C9H17NO3. The first kappa shape index (κ1) is 10.4. The van der Waals surface area contributed by atoms with E-state index >= 15 is 0 Å². The minimum Gasteiger partial charge on any atom is -0.378 e. The van der Waals surface area contributed by atoms with Gasteiger partial charge in [0.2, 0.25) is 6.04 Å². The standard InChI is InChI=1S/C9H17NO3/c1-2-3-6-13-9-5-4-8(7-9)10(11)12/h8-9H,2-7H2,1H3. The normalized spacial score (nSPS) is 27.8. The predicted octanol–water partition coefficient (Wildman–Crippen LogP) is 2.00. The Morgan fingerprint density at radius 1 is 1.54 bits per heavy atom. The monoisotopic (exact) mass is 187 g/mol. The van der Waals surface area contributed by atoms with Crippen LogP contribution in [0.3, 0.4) is 0 Å². The molecule has 0 aliphatic heterocycles. The van der Waals surface area contributed by atoms with Gasteiger partial charge >= 0.3 is 0 Å². The summed E-state index contributed by atoms with van der Waals surface area (Å²) in [5.74, 6) is 0. The molecule has 0 heterocycles. The summed E-state index contributed by atoms with van der Waals surface area (Å²) in [4.78, 5) is 10.2. The largest absolute Gasteiger partial charge is 0.378 e. The number of hydrogen-bond acceptors (Lipinski definition) is 3. The Kier molecular flexibility index (Phi) is 4.15. The highest BCUT2D eigenvalue weighted by molar-refractivity contribution is 4.75. The van der Waals surface area contributed by atoms with Crippen molar-refractivity contribution in [3.05, 3.63) is 10.1 Å². The zero-order valence-corrected chi connectivity index (χ0v) is 8.07.